The third kappa shape index (κ3) is 19.9. The molecule has 0 unspecified atom stereocenters. The van der Waals surface area contributed by atoms with Gasteiger partial charge in [0.2, 0.25) is 0 Å². The summed E-state index contributed by atoms with van der Waals surface area (Å²) in [6, 6.07) is 3.76. The normalized spacial score (nSPS) is 10.4. The number of halogens is 2. The van der Waals surface area contributed by atoms with E-state index in [9.17, 15) is 18.4 Å². The number of thioether (sulfide) groups is 1. The Morgan fingerprint density at radius 3 is 2.00 bits per heavy atom. The van der Waals surface area contributed by atoms with E-state index < -0.39 is 22.3 Å². The summed E-state index contributed by atoms with van der Waals surface area (Å²) < 4.78 is 30.5. The minimum absolute atomic E-state index is 0. The molecule has 0 bridgehead atoms. The molecule has 1 atom stereocenters. The van der Waals surface area contributed by atoms with Crippen LogP contribution in [0, 0.1) is 60.6 Å². The minimum atomic E-state index is -1.15. The van der Waals surface area contributed by atoms with E-state index in [2.05, 4.69) is 6.92 Å². The molecule has 0 heterocycles. The molecule has 1 aromatic carbocycles. The number of hydroxylamine groups is 1. The molecule has 5 nitrogen and oxygen atoms in total. The van der Waals surface area contributed by atoms with Crippen molar-refractivity contribution in [3.05, 3.63) is 55.0 Å². The standard InChI is InChI=1S/C12H8F2O2.C6H12NO2S.3C2H6.K.Pr/c1-8(13)10(5-6-15)11-4-3-9(16-2)7-12(11)14;1-4-6(2,10-3)5(8)7-9;3*1-2;;/h1,3-5,7H,2H3;9H,1,4H2,2-3H3,(H,7,8);3*1-2H3;;/q-2;-1;;;;+1;/b10-5+;;;;;;/t;6-;;;;;/m.1...../s1. The number of methoxy groups -OCH3 is 1. The monoisotopic (exact) mass is 654 g/mol. The van der Waals surface area contributed by atoms with Gasteiger partial charge in [-0.25, -0.2) is 14.3 Å². The van der Waals surface area contributed by atoms with E-state index in [0.717, 1.165) is 12.1 Å². The molecule has 0 spiro atoms. The van der Waals surface area contributed by atoms with Gasteiger partial charge in [-0.1, -0.05) is 53.2 Å². The van der Waals surface area contributed by atoms with Crippen molar-refractivity contribution in [1.82, 2.24) is 5.48 Å². The molecule has 189 valence electrons. The number of ether oxygens (including phenoxy) is 1. The second-order valence-corrected chi connectivity index (χ2v) is 6.30. The van der Waals surface area contributed by atoms with Crippen LogP contribution < -0.4 is 61.6 Å². The van der Waals surface area contributed by atoms with Gasteiger partial charge in [0.05, 0.1) is 11.9 Å². The Balaban J connectivity index is -0.0000000950. The predicted octanol–water partition coefficient (Wildman–Crippen LogP) is 3.53. The van der Waals surface area contributed by atoms with Crippen LogP contribution in [0.15, 0.2) is 30.1 Å². The summed E-state index contributed by atoms with van der Waals surface area (Å²) in [5, 5.41) is 8.29. The summed E-state index contributed by atoms with van der Waals surface area (Å²) in [5.41, 5.74) is 1.15. The summed E-state index contributed by atoms with van der Waals surface area (Å²) in [6.07, 6.45) is 4.35. The SMILES string of the molecule is CC.CC.CC.[CH-]=C(F)/C(=C\[C-]=O)c1ccc(OC)cc1F.[CH2-]C[C@@](C)(SC)C(=O)NO.[K+].[Pr]. The molecule has 10 heteroatoms. The molecule has 34 heavy (non-hydrogen) atoms. The Labute approximate surface area is 285 Å². The number of rotatable bonds is 7. The molecule has 1 rings (SSSR count). The van der Waals surface area contributed by atoms with Gasteiger partial charge in [-0.3, -0.25) is 16.6 Å². The second kappa shape index (κ2) is 31.8. The Morgan fingerprint density at radius 2 is 1.76 bits per heavy atom. The van der Waals surface area contributed by atoms with Crippen molar-refractivity contribution in [2.24, 2.45) is 0 Å². The maximum absolute atomic E-state index is 13.5. The average molecular weight is 655 g/mol. The fourth-order valence-corrected chi connectivity index (χ4v) is 2.04. The van der Waals surface area contributed by atoms with Crippen LogP contribution in [0.3, 0.4) is 0 Å². The van der Waals surface area contributed by atoms with E-state index in [1.54, 1.807) is 18.7 Å². The summed E-state index contributed by atoms with van der Waals surface area (Å²) in [6.45, 7) is 22.2. The molecular formula is C24H38F2KNO4PrS-2. The number of hydrogen-bond donors (Lipinski definition) is 2. The smallest absolute Gasteiger partial charge is 0.497 e. The topological polar surface area (TPSA) is 75.6 Å². The summed E-state index contributed by atoms with van der Waals surface area (Å²) in [5.74, 6) is -1.99. The van der Waals surface area contributed by atoms with Crippen molar-refractivity contribution in [3.63, 3.8) is 0 Å². The molecule has 1 amide bonds. The van der Waals surface area contributed by atoms with E-state index in [1.165, 1.54) is 37.3 Å². The van der Waals surface area contributed by atoms with Gasteiger partial charge in [-0.15, -0.1) is 5.57 Å². The van der Waals surface area contributed by atoms with Gasteiger partial charge < -0.3 is 16.5 Å². The van der Waals surface area contributed by atoms with Crippen LogP contribution in [-0.4, -0.2) is 35.5 Å². The zero-order valence-corrected chi connectivity index (χ0v) is 29.9. The third-order valence-electron chi connectivity index (χ3n) is 3.44. The van der Waals surface area contributed by atoms with E-state index in [-0.39, 0.29) is 110 Å². The quantitative estimate of drug-likeness (QED) is 0.118. The first kappa shape index (κ1) is 47.9. The van der Waals surface area contributed by atoms with Gasteiger partial charge in [-0.2, -0.15) is 24.3 Å². The van der Waals surface area contributed by atoms with Crippen molar-refractivity contribution >= 4 is 29.5 Å². The molecule has 0 aliphatic carbocycles. The molecule has 0 saturated carbocycles. The zero-order valence-electron chi connectivity index (χ0n) is 22.2. The molecule has 2 N–H and O–H groups in total. The largest absolute Gasteiger partial charge is 1.00 e. The fraction of sp³-hybridized carbons (Fsp3) is 0.458. The minimum Gasteiger partial charge on any atom is -0.497 e. The predicted molar refractivity (Wildman–Crippen MR) is 131 cm³/mol. The van der Waals surface area contributed by atoms with E-state index in [4.69, 9.17) is 16.5 Å². The number of carbonyl (C=O) groups is 1. The Hall–Kier alpha value is 0.810. The Kier molecular flexibility index (Phi) is 44.9. The maximum atomic E-state index is 13.5. The number of allylic oxidation sites excluding steroid dienone is 3. The van der Waals surface area contributed by atoms with Crippen LogP contribution in [-0.2, 0) is 9.59 Å². The van der Waals surface area contributed by atoms with Crippen molar-refractivity contribution < 1.29 is 121 Å². The number of hydrogen-bond acceptors (Lipinski definition) is 5. The Morgan fingerprint density at radius 1 is 1.29 bits per heavy atom. The molecule has 0 aliphatic rings. The maximum Gasteiger partial charge on any atom is 1.00 e. The van der Waals surface area contributed by atoms with Gasteiger partial charge >= 0.3 is 51.4 Å². The van der Waals surface area contributed by atoms with Crippen LogP contribution >= 0.6 is 11.8 Å². The molecular weight excluding hydrogens is 616 g/mol. The van der Waals surface area contributed by atoms with Crippen LogP contribution in [0.5, 0.6) is 5.75 Å². The molecule has 1 aromatic rings. The van der Waals surface area contributed by atoms with Crippen LogP contribution in [0.2, 0.25) is 0 Å². The van der Waals surface area contributed by atoms with Gasteiger partial charge in [0.15, 0.2) is 0 Å². The number of amides is 1. The van der Waals surface area contributed by atoms with Gasteiger partial charge in [0, 0.05) is 47.4 Å². The molecule has 0 saturated heterocycles. The first-order valence-corrected chi connectivity index (χ1v) is 11.4. The first-order valence-electron chi connectivity index (χ1n) is 10.2. The summed E-state index contributed by atoms with van der Waals surface area (Å²) in [7, 11) is 1.38. The molecule has 0 aliphatic heterocycles. The van der Waals surface area contributed by atoms with Crippen molar-refractivity contribution in [3.8, 4) is 5.75 Å². The van der Waals surface area contributed by atoms with E-state index in [0.29, 0.717) is 6.42 Å². The van der Waals surface area contributed by atoms with Gasteiger partial charge in [-0.05, 0) is 31.4 Å². The van der Waals surface area contributed by atoms with Crippen molar-refractivity contribution in [2.45, 2.75) is 59.6 Å². The van der Waals surface area contributed by atoms with Gasteiger partial charge in [0.1, 0.15) is 11.6 Å². The number of benzene rings is 1. The summed E-state index contributed by atoms with van der Waals surface area (Å²) in [4.78, 5) is 21.0. The third-order valence-corrected chi connectivity index (χ3v) is 4.73. The Bertz CT molecular complexity index is 689. The number of nitrogens with one attached hydrogen (secondary N) is 1. The second-order valence-electron chi connectivity index (χ2n) is 5.00. The molecule has 0 fully saturated rings. The van der Waals surface area contributed by atoms with Gasteiger partial charge in [0.25, 0.3) is 5.91 Å². The van der Waals surface area contributed by atoms with E-state index >= 15 is 0 Å². The van der Waals surface area contributed by atoms with Crippen molar-refractivity contribution in [1.29, 1.82) is 0 Å². The average Bonchev–Trinajstić information content (AvgIpc) is 2.85. The molecule has 1 radical (unpaired) electrons. The van der Waals surface area contributed by atoms with Crippen molar-refractivity contribution in [2.75, 3.05) is 13.4 Å². The summed E-state index contributed by atoms with van der Waals surface area (Å²) >= 11 is 1.37. The molecule has 0 aromatic heterocycles. The first-order chi connectivity index (χ1) is 15.2. The number of carbonyl (C=O) groups excluding carboxylic acids is 2. The van der Waals surface area contributed by atoms with E-state index in [1.807, 2.05) is 41.5 Å². The fourth-order valence-electron chi connectivity index (χ4n) is 1.60. The van der Waals surface area contributed by atoms with Crippen LogP contribution in [0.1, 0.15) is 60.5 Å². The zero-order chi connectivity index (χ0) is 26.3. The van der Waals surface area contributed by atoms with Crippen LogP contribution in [0.4, 0.5) is 8.78 Å². The van der Waals surface area contributed by atoms with Crippen LogP contribution in [0.25, 0.3) is 5.57 Å².